The number of rotatable bonds is 5. The Bertz CT molecular complexity index is 427. The normalized spacial score (nSPS) is 22.3. The molecule has 2 rings (SSSR count). The van der Waals surface area contributed by atoms with E-state index in [2.05, 4.69) is 11.8 Å². The monoisotopic (exact) mass is 265 g/mol. The third kappa shape index (κ3) is 4.10. The maximum atomic E-state index is 10.8. The number of carboxylic acids is 1. The molecule has 1 fully saturated rings. The highest BCUT2D eigenvalue weighted by Crippen LogP contribution is 2.27. The van der Waals surface area contributed by atoms with E-state index in [0.717, 1.165) is 44.0 Å². The van der Waals surface area contributed by atoms with Gasteiger partial charge in [0.25, 0.3) is 0 Å². The van der Waals surface area contributed by atoms with Crippen molar-refractivity contribution in [2.75, 3.05) is 13.1 Å². The summed E-state index contributed by atoms with van der Waals surface area (Å²) in [5, 5.41) is 8.89. The predicted octanol–water partition coefficient (Wildman–Crippen LogP) is 2.91. The molecule has 0 bridgehead atoms. The van der Waals surface area contributed by atoms with Gasteiger partial charge in [-0.1, -0.05) is 6.92 Å². The average molecular weight is 265 g/mol. The minimum Gasteiger partial charge on any atom is -0.481 e. The molecule has 0 aromatic carbocycles. The maximum Gasteiger partial charge on any atom is 0.303 e. The predicted molar refractivity (Wildman–Crippen MR) is 72.9 cm³/mol. The molecule has 0 saturated carbocycles. The lowest BCUT2D eigenvalue weighted by Crippen LogP contribution is -2.37. The van der Waals surface area contributed by atoms with Gasteiger partial charge in [0.05, 0.1) is 6.54 Å². The molecular formula is C15H23NO3. The van der Waals surface area contributed by atoms with Crippen molar-refractivity contribution in [1.29, 1.82) is 0 Å². The van der Waals surface area contributed by atoms with Crippen molar-refractivity contribution in [2.24, 2.45) is 11.8 Å². The topological polar surface area (TPSA) is 53.7 Å². The lowest BCUT2D eigenvalue weighted by atomic mass is 9.84. The Morgan fingerprint density at radius 2 is 2.37 bits per heavy atom. The second kappa shape index (κ2) is 6.24. The van der Waals surface area contributed by atoms with Crippen LogP contribution in [0.25, 0.3) is 0 Å². The van der Waals surface area contributed by atoms with Gasteiger partial charge in [-0.15, -0.1) is 0 Å². The Balaban J connectivity index is 1.88. The molecule has 19 heavy (non-hydrogen) atoms. The minimum atomic E-state index is -0.689. The number of likely N-dealkylation sites (tertiary alicyclic amines) is 1. The number of furan rings is 1. The van der Waals surface area contributed by atoms with Crippen LogP contribution in [0.5, 0.6) is 0 Å². The Morgan fingerprint density at radius 3 is 3.00 bits per heavy atom. The fraction of sp³-hybridized carbons (Fsp3) is 0.667. The van der Waals surface area contributed by atoms with E-state index in [-0.39, 0.29) is 12.3 Å². The van der Waals surface area contributed by atoms with Crippen LogP contribution in [0.2, 0.25) is 0 Å². The van der Waals surface area contributed by atoms with E-state index in [4.69, 9.17) is 9.52 Å². The van der Waals surface area contributed by atoms with E-state index in [0.29, 0.717) is 5.92 Å². The molecular weight excluding hydrogens is 242 g/mol. The molecule has 1 aromatic heterocycles. The van der Waals surface area contributed by atoms with Gasteiger partial charge in [-0.25, -0.2) is 0 Å². The molecule has 4 nitrogen and oxygen atoms in total. The van der Waals surface area contributed by atoms with Crippen molar-refractivity contribution in [2.45, 2.75) is 39.7 Å². The van der Waals surface area contributed by atoms with Crippen molar-refractivity contribution in [3.8, 4) is 0 Å². The summed E-state index contributed by atoms with van der Waals surface area (Å²) in [5.41, 5.74) is 0. The molecule has 0 aliphatic carbocycles. The molecule has 4 heteroatoms. The van der Waals surface area contributed by atoms with Crippen LogP contribution in [0.4, 0.5) is 0 Å². The lowest BCUT2D eigenvalue weighted by Gasteiger charge is -2.35. The van der Waals surface area contributed by atoms with Gasteiger partial charge in [0.1, 0.15) is 11.5 Å². The second-order valence-electron chi connectivity index (χ2n) is 5.72. The minimum absolute atomic E-state index is 0.249. The fourth-order valence-corrected chi connectivity index (χ4v) is 2.93. The largest absolute Gasteiger partial charge is 0.481 e. The van der Waals surface area contributed by atoms with Crippen LogP contribution in [-0.2, 0) is 11.3 Å². The van der Waals surface area contributed by atoms with Crippen molar-refractivity contribution < 1.29 is 14.3 Å². The molecule has 1 aliphatic heterocycles. The molecule has 2 heterocycles. The molecule has 0 spiro atoms. The van der Waals surface area contributed by atoms with E-state index in [1.165, 1.54) is 0 Å². The van der Waals surface area contributed by atoms with Gasteiger partial charge in [-0.05, 0) is 50.3 Å². The van der Waals surface area contributed by atoms with E-state index < -0.39 is 5.97 Å². The summed E-state index contributed by atoms with van der Waals surface area (Å²) < 4.78 is 5.61. The first kappa shape index (κ1) is 14.1. The number of hydrogen-bond donors (Lipinski definition) is 1. The Morgan fingerprint density at radius 1 is 1.58 bits per heavy atom. The summed E-state index contributed by atoms with van der Waals surface area (Å²) in [6.45, 7) is 6.91. The lowest BCUT2D eigenvalue weighted by molar-refractivity contribution is -0.138. The SMILES string of the molecule is Cc1ccc(CN2CCCC(C(C)CC(=O)O)C2)o1. The van der Waals surface area contributed by atoms with Crippen molar-refractivity contribution in [3.63, 3.8) is 0 Å². The molecule has 2 atom stereocenters. The van der Waals surface area contributed by atoms with E-state index >= 15 is 0 Å². The number of carbonyl (C=O) groups is 1. The molecule has 1 saturated heterocycles. The molecule has 0 amide bonds. The highest BCUT2D eigenvalue weighted by molar-refractivity contribution is 5.67. The number of nitrogens with zero attached hydrogens (tertiary/aromatic N) is 1. The van der Waals surface area contributed by atoms with Gasteiger partial charge < -0.3 is 9.52 Å². The Hall–Kier alpha value is -1.29. The molecule has 1 aromatic rings. The molecule has 2 unspecified atom stereocenters. The summed E-state index contributed by atoms with van der Waals surface area (Å²) in [5.74, 6) is 2.00. The van der Waals surface area contributed by atoms with Crippen LogP contribution in [0.15, 0.2) is 16.5 Å². The Labute approximate surface area is 114 Å². The Kier molecular flexibility index (Phi) is 4.64. The first-order valence-corrected chi connectivity index (χ1v) is 7.04. The van der Waals surface area contributed by atoms with Gasteiger partial charge in [0.2, 0.25) is 0 Å². The van der Waals surface area contributed by atoms with Gasteiger partial charge in [0, 0.05) is 13.0 Å². The first-order chi connectivity index (χ1) is 9.04. The summed E-state index contributed by atoms with van der Waals surface area (Å²) in [6, 6.07) is 4.02. The fourth-order valence-electron chi connectivity index (χ4n) is 2.93. The van der Waals surface area contributed by atoms with E-state index in [1.54, 1.807) is 0 Å². The highest BCUT2D eigenvalue weighted by Gasteiger charge is 2.26. The summed E-state index contributed by atoms with van der Waals surface area (Å²) >= 11 is 0. The number of carboxylic acid groups (broad SMARTS) is 1. The van der Waals surface area contributed by atoms with Crippen molar-refractivity contribution in [1.82, 2.24) is 4.90 Å². The summed E-state index contributed by atoms with van der Waals surface area (Å²) in [7, 11) is 0. The molecule has 106 valence electrons. The van der Waals surface area contributed by atoms with E-state index in [9.17, 15) is 4.79 Å². The van der Waals surface area contributed by atoms with Gasteiger partial charge >= 0.3 is 5.97 Å². The zero-order valence-electron chi connectivity index (χ0n) is 11.8. The van der Waals surface area contributed by atoms with Gasteiger partial charge in [0.15, 0.2) is 0 Å². The quantitative estimate of drug-likeness (QED) is 0.889. The number of aliphatic carboxylic acids is 1. The molecule has 1 N–H and O–H groups in total. The van der Waals surface area contributed by atoms with Crippen LogP contribution in [0, 0.1) is 18.8 Å². The third-order valence-corrected chi connectivity index (χ3v) is 4.02. The molecule has 1 aliphatic rings. The van der Waals surface area contributed by atoms with Crippen LogP contribution >= 0.6 is 0 Å². The zero-order chi connectivity index (χ0) is 13.8. The first-order valence-electron chi connectivity index (χ1n) is 7.04. The van der Waals surface area contributed by atoms with Crippen molar-refractivity contribution in [3.05, 3.63) is 23.7 Å². The standard InChI is InChI=1S/C15H23NO3/c1-11(8-15(17)18)13-4-3-7-16(9-13)10-14-6-5-12(2)19-14/h5-6,11,13H,3-4,7-10H2,1-2H3,(H,17,18). The van der Waals surface area contributed by atoms with Crippen molar-refractivity contribution >= 4 is 5.97 Å². The van der Waals surface area contributed by atoms with Crippen LogP contribution in [0.1, 0.15) is 37.7 Å². The van der Waals surface area contributed by atoms with Crippen LogP contribution in [0.3, 0.4) is 0 Å². The summed E-state index contributed by atoms with van der Waals surface area (Å²) in [4.78, 5) is 13.2. The number of aryl methyl sites for hydroxylation is 1. The zero-order valence-corrected chi connectivity index (χ0v) is 11.8. The van der Waals surface area contributed by atoms with E-state index in [1.807, 2.05) is 19.1 Å². The van der Waals surface area contributed by atoms with Crippen LogP contribution < -0.4 is 0 Å². The average Bonchev–Trinajstić information content (AvgIpc) is 2.74. The van der Waals surface area contributed by atoms with Crippen LogP contribution in [-0.4, -0.2) is 29.1 Å². The summed E-state index contributed by atoms with van der Waals surface area (Å²) in [6.07, 6.45) is 2.56. The highest BCUT2D eigenvalue weighted by atomic mass is 16.4. The second-order valence-corrected chi connectivity index (χ2v) is 5.72. The smallest absolute Gasteiger partial charge is 0.303 e. The van der Waals surface area contributed by atoms with Gasteiger partial charge in [-0.3, -0.25) is 9.69 Å². The number of hydrogen-bond acceptors (Lipinski definition) is 3. The number of piperidine rings is 1. The maximum absolute atomic E-state index is 10.8. The molecule has 0 radical (unpaired) electrons. The van der Waals surface area contributed by atoms with Gasteiger partial charge in [-0.2, -0.15) is 0 Å². The third-order valence-electron chi connectivity index (χ3n) is 4.02.